The lowest BCUT2D eigenvalue weighted by Crippen LogP contribution is -2.71. The third kappa shape index (κ3) is 6.18. The molecule has 1 fully saturated rings. The summed E-state index contributed by atoms with van der Waals surface area (Å²) < 4.78 is 0.540. The van der Waals surface area contributed by atoms with Gasteiger partial charge >= 0.3 is 11.9 Å². The number of aliphatic carboxylic acids is 2. The Labute approximate surface area is 264 Å². The van der Waals surface area contributed by atoms with Gasteiger partial charge in [0.25, 0.3) is 11.8 Å². The molecule has 0 saturated carbocycles. The molecule has 0 radical (unpaired) electrons. The molecule has 45 heavy (non-hydrogen) atoms. The standard InChI is InChI=1S/C28H30N6O9S2/c1-28(2,26(41)42)43-32-19(16-12-45-27(29)30-16)22(37)31-20-23(38)33-21(25(39)40)13(11-44-24(20)33)5-4-6-34(3)9-14-7-17(35)18(36)8-15(14)10-34/h4-5,7-8,12,20,24H,6,9-11H2,1-3H3,(H6-,29,30,31,32,35,36,37,39,40,41,42)/p+1/b5-4+. The lowest BCUT2D eigenvalue weighted by atomic mass is 10.0. The number of nitrogen functional groups attached to an aromatic ring is 1. The fraction of sp³-hybridized carbons (Fsp3) is 0.357. The monoisotopic (exact) mass is 659 g/mol. The van der Waals surface area contributed by atoms with E-state index >= 15 is 0 Å². The van der Waals surface area contributed by atoms with Gasteiger partial charge < -0.3 is 40.8 Å². The minimum absolute atomic E-state index is 0.0146. The van der Waals surface area contributed by atoms with Crippen molar-refractivity contribution in [3.63, 3.8) is 0 Å². The lowest BCUT2D eigenvalue weighted by molar-refractivity contribution is -0.923. The van der Waals surface area contributed by atoms with E-state index in [4.69, 9.17) is 10.6 Å². The van der Waals surface area contributed by atoms with E-state index in [1.165, 1.54) is 31.0 Å². The Balaban J connectivity index is 1.30. The Hall–Kier alpha value is -4.61. The van der Waals surface area contributed by atoms with Crippen LogP contribution in [0.1, 0.15) is 30.7 Å². The maximum absolute atomic E-state index is 13.3. The van der Waals surface area contributed by atoms with Gasteiger partial charge in [-0.1, -0.05) is 11.2 Å². The summed E-state index contributed by atoms with van der Waals surface area (Å²) in [6.45, 7) is 4.23. The number of nitrogens with zero attached hydrogens (tertiary/aromatic N) is 4. The van der Waals surface area contributed by atoms with E-state index in [1.807, 2.05) is 13.1 Å². The molecule has 3 aliphatic heterocycles. The Morgan fingerprint density at radius 2 is 1.87 bits per heavy atom. The second-order valence-electron chi connectivity index (χ2n) is 11.6. The molecule has 2 aromatic rings. The van der Waals surface area contributed by atoms with Crippen LogP contribution in [-0.4, -0.2) is 101 Å². The first-order valence-electron chi connectivity index (χ1n) is 13.6. The number of rotatable bonds is 10. The number of nitrogens with one attached hydrogen (secondary N) is 1. The average Bonchev–Trinajstić information content (AvgIpc) is 3.53. The van der Waals surface area contributed by atoms with Crippen molar-refractivity contribution in [1.82, 2.24) is 15.2 Å². The number of amides is 2. The van der Waals surface area contributed by atoms with Crippen LogP contribution in [0, 0.1) is 0 Å². The number of allylic oxidation sites excluding steroid dienone is 1. The molecule has 2 amide bonds. The van der Waals surface area contributed by atoms with Crippen LogP contribution in [0.2, 0.25) is 0 Å². The zero-order valence-electron chi connectivity index (χ0n) is 24.4. The van der Waals surface area contributed by atoms with Crippen molar-refractivity contribution >= 4 is 57.7 Å². The van der Waals surface area contributed by atoms with Gasteiger partial charge in [-0.2, -0.15) is 0 Å². The molecule has 1 aromatic heterocycles. The summed E-state index contributed by atoms with van der Waals surface area (Å²) in [5.74, 6) is -4.23. The number of hydrogen-bond acceptors (Lipinski definition) is 12. The number of thioether (sulfide) groups is 1. The van der Waals surface area contributed by atoms with Crippen LogP contribution in [0.15, 0.2) is 46.1 Å². The van der Waals surface area contributed by atoms with Crippen LogP contribution >= 0.6 is 23.1 Å². The molecule has 0 bridgehead atoms. The highest BCUT2D eigenvalue weighted by molar-refractivity contribution is 8.00. The van der Waals surface area contributed by atoms with Crippen LogP contribution in [0.25, 0.3) is 0 Å². The van der Waals surface area contributed by atoms with E-state index in [0.717, 1.165) is 27.4 Å². The van der Waals surface area contributed by atoms with Gasteiger partial charge in [-0.25, -0.2) is 14.6 Å². The molecule has 1 aromatic carbocycles. The number of phenolic OH excluding ortho intramolecular Hbond substituents is 2. The molecule has 5 rings (SSSR count). The predicted molar refractivity (Wildman–Crippen MR) is 163 cm³/mol. The second kappa shape index (κ2) is 11.7. The first-order valence-corrected chi connectivity index (χ1v) is 15.5. The minimum Gasteiger partial charge on any atom is -0.504 e. The molecular formula is C28H31N6O9S2+. The zero-order chi connectivity index (χ0) is 32.8. The number of anilines is 1. The number of β-lactam (4-membered cyclic amide) rings is 1. The number of carboxylic acid groups (broad SMARTS) is 2. The maximum atomic E-state index is 13.3. The van der Waals surface area contributed by atoms with Gasteiger partial charge in [0, 0.05) is 22.3 Å². The van der Waals surface area contributed by atoms with E-state index < -0.39 is 46.5 Å². The molecular weight excluding hydrogens is 628 g/mol. The van der Waals surface area contributed by atoms with Crippen LogP contribution in [0.3, 0.4) is 0 Å². The van der Waals surface area contributed by atoms with Crippen molar-refractivity contribution < 1.29 is 48.9 Å². The molecule has 0 aliphatic carbocycles. The highest BCUT2D eigenvalue weighted by Gasteiger charge is 2.54. The lowest BCUT2D eigenvalue weighted by Gasteiger charge is -2.49. The predicted octanol–water partition coefficient (Wildman–Crippen LogP) is 1.18. The van der Waals surface area contributed by atoms with Crippen molar-refractivity contribution in [3.8, 4) is 11.5 Å². The SMILES string of the molecule is CC(C)(O/N=C(/C(=O)NC1C(=O)N2C(C(=O)O)=C(/C=C/C[N+]3(C)Cc4cc(O)c(O)cc4C3)CSC12)c1csc(N)n1)C(=O)O. The van der Waals surface area contributed by atoms with Crippen LogP contribution in [0.5, 0.6) is 11.5 Å². The van der Waals surface area contributed by atoms with Crippen LogP contribution in [-0.2, 0) is 37.1 Å². The Bertz CT molecular complexity index is 1670. The molecule has 15 nitrogen and oxygen atoms in total. The van der Waals surface area contributed by atoms with Gasteiger partial charge in [-0.3, -0.25) is 14.5 Å². The summed E-state index contributed by atoms with van der Waals surface area (Å²) in [5.41, 5.74) is 5.64. The maximum Gasteiger partial charge on any atom is 0.352 e. The molecule has 3 aliphatic rings. The van der Waals surface area contributed by atoms with E-state index in [0.29, 0.717) is 29.7 Å². The van der Waals surface area contributed by atoms with Gasteiger partial charge in [-0.05, 0) is 37.6 Å². The molecule has 4 heterocycles. The molecule has 2 atom stereocenters. The normalized spacial score (nSPS) is 20.9. The zero-order valence-corrected chi connectivity index (χ0v) is 26.0. The van der Waals surface area contributed by atoms with Crippen molar-refractivity contribution in [2.24, 2.45) is 5.16 Å². The summed E-state index contributed by atoms with van der Waals surface area (Å²) in [4.78, 5) is 60.5. The number of thiazole rings is 1. The number of aromatic nitrogens is 1. The fourth-order valence-electron chi connectivity index (χ4n) is 5.20. The Morgan fingerprint density at radius 3 is 2.42 bits per heavy atom. The largest absolute Gasteiger partial charge is 0.504 e. The second-order valence-corrected chi connectivity index (χ2v) is 13.6. The van der Waals surface area contributed by atoms with E-state index in [1.54, 1.807) is 18.2 Å². The van der Waals surface area contributed by atoms with Crippen LogP contribution in [0.4, 0.5) is 5.13 Å². The van der Waals surface area contributed by atoms with Crippen molar-refractivity contribution in [3.05, 3.63) is 57.8 Å². The number of carboxylic acids is 2. The highest BCUT2D eigenvalue weighted by atomic mass is 32.2. The van der Waals surface area contributed by atoms with Crippen molar-refractivity contribution in [2.75, 3.05) is 25.1 Å². The summed E-state index contributed by atoms with van der Waals surface area (Å²) >= 11 is 2.30. The number of aromatic hydroxyl groups is 2. The fourth-order valence-corrected chi connectivity index (χ4v) is 7.06. The quantitative estimate of drug-likeness (QED) is 0.0695. The van der Waals surface area contributed by atoms with Gasteiger partial charge in [0.2, 0.25) is 5.60 Å². The molecule has 17 heteroatoms. The Kier molecular flexibility index (Phi) is 8.28. The summed E-state index contributed by atoms with van der Waals surface area (Å²) in [6, 6.07) is 2.02. The van der Waals surface area contributed by atoms with E-state index in [9.17, 15) is 39.6 Å². The van der Waals surface area contributed by atoms with Gasteiger partial charge in [0.15, 0.2) is 22.3 Å². The van der Waals surface area contributed by atoms with Crippen LogP contribution < -0.4 is 11.1 Å². The number of phenols is 2. The number of carbonyl (C=O) groups excluding carboxylic acids is 2. The molecule has 2 unspecified atom stereocenters. The van der Waals surface area contributed by atoms with Gasteiger partial charge in [0.05, 0.1) is 13.6 Å². The number of oxime groups is 1. The number of likely N-dealkylation sites (N-methyl/N-ethyl adjacent to an activating group) is 1. The number of benzene rings is 1. The van der Waals surface area contributed by atoms with Gasteiger partial charge in [0.1, 0.15) is 35.9 Å². The summed E-state index contributed by atoms with van der Waals surface area (Å²) in [7, 11) is 2.01. The minimum atomic E-state index is -1.77. The number of fused-ring (bicyclic) bond motifs is 2. The smallest absolute Gasteiger partial charge is 0.352 e. The number of nitrogens with two attached hydrogens (primary N) is 1. The average molecular weight is 660 g/mol. The topological polar surface area (TPSA) is 225 Å². The first-order chi connectivity index (χ1) is 21.1. The number of carbonyl (C=O) groups is 4. The van der Waals surface area contributed by atoms with Gasteiger partial charge in [-0.15, -0.1) is 23.1 Å². The van der Waals surface area contributed by atoms with Crippen molar-refractivity contribution in [1.29, 1.82) is 0 Å². The van der Waals surface area contributed by atoms with Crippen molar-refractivity contribution in [2.45, 2.75) is 44.0 Å². The number of hydrogen-bond donors (Lipinski definition) is 6. The third-order valence-electron chi connectivity index (χ3n) is 7.61. The molecule has 238 valence electrons. The summed E-state index contributed by atoms with van der Waals surface area (Å²) in [5, 5.41) is 46.2. The molecule has 7 N–H and O–H groups in total. The summed E-state index contributed by atoms with van der Waals surface area (Å²) in [6.07, 6.45) is 3.53. The first kappa shape index (κ1) is 31.8. The molecule has 1 saturated heterocycles. The molecule has 0 spiro atoms. The van der Waals surface area contributed by atoms with E-state index in [2.05, 4.69) is 15.5 Å². The highest BCUT2D eigenvalue weighted by Crippen LogP contribution is 2.41. The Morgan fingerprint density at radius 1 is 1.22 bits per heavy atom. The van der Waals surface area contributed by atoms with E-state index in [-0.39, 0.29) is 33.8 Å². The third-order valence-corrected chi connectivity index (χ3v) is 9.59. The number of quaternary nitrogens is 1.